The van der Waals surface area contributed by atoms with Gasteiger partial charge in [-0.05, 0) is 41.5 Å². The number of sulfonamides is 1. The standard InChI is InChI=1S/C26H25N3O5S/c1-33-24-9-5-7-19(26(24)34-2)21(20-14-27-23-8-4-3-6-18(20)23)15-28-35(31,32)17-10-11-22-16(12-17)13-25(30)29-22/h3-12,14,21,27-28H,13,15H2,1-2H3,(H,29,30)/t21-/m1/s1. The van der Waals surface area contributed by atoms with Crippen molar-refractivity contribution in [1.29, 1.82) is 0 Å². The van der Waals surface area contributed by atoms with Crippen LogP contribution in [0, 0.1) is 0 Å². The number of rotatable bonds is 8. The molecule has 35 heavy (non-hydrogen) atoms. The Labute approximate surface area is 203 Å². The number of benzene rings is 3. The second-order valence-electron chi connectivity index (χ2n) is 8.32. The number of nitrogens with one attached hydrogen (secondary N) is 3. The van der Waals surface area contributed by atoms with Crippen LogP contribution in [0.2, 0.25) is 0 Å². The van der Waals surface area contributed by atoms with E-state index in [9.17, 15) is 13.2 Å². The van der Waals surface area contributed by atoms with Gasteiger partial charge in [-0.1, -0.05) is 30.3 Å². The number of fused-ring (bicyclic) bond motifs is 2. The summed E-state index contributed by atoms with van der Waals surface area (Å²) in [7, 11) is -0.718. The molecular formula is C26H25N3O5S. The monoisotopic (exact) mass is 491 g/mol. The van der Waals surface area contributed by atoms with Gasteiger partial charge in [0.15, 0.2) is 11.5 Å². The fourth-order valence-electron chi connectivity index (χ4n) is 4.61. The molecule has 0 unspecified atom stereocenters. The number of aromatic amines is 1. The highest BCUT2D eigenvalue weighted by Crippen LogP contribution is 2.40. The number of carbonyl (C=O) groups is 1. The molecule has 1 aliphatic heterocycles. The first-order valence-electron chi connectivity index (χ1n) is 11.1. The van der Waals surface area contributed by atoms with Crippen LogP contribution in [0.15, 0.2) is 71.8 Å². The Morgan fingerprint density at radius 1 is 1.00 bits per heavy atom. The Morgan fingerprint density at radius 2 is 1.83 bits per heavy atom. The van der Waals surface area contributed by atoms with E-state index < -0.39 is 10.0 Å². The van der Waals surface area contributed by atoms with Crippen molar-refractivity contribution in [3.63, 3.8) is 0 Å². The summed E-state index contributed by atoms with van der Waals surface area (Å²) in [5, 5.41) is 3.71. The van der Waals surface area contributed by atoms with Crippen molar-refractivity contribution in [1.82, 2.24) is 9.71 Å². The second-order valence-corrected chi connectivity index (χ2v) is 10.1. The summed E-state index contributed by atoms with van der Waals surface area (Å²) >= 11 is 0. The van der Waals surface area contributed by atoms with Gasteiger partial charge >= 0.3 is 0 Å². The molecule has 8 nitrogen and oxygen atoms in total. The van der Waals surface area contributed by atoms with Crippen molar-refractivity contribution in [2.45, 2.75) is 17.2 Å². The molecule has 5 rings (SSSR count). The fraction of sp³-hybridized carbons (Fsp3) is 0.192. The van der Waals surface area contributed by atoms with Crippen LogP contribution >= 0.6 is 0 Å². The molecule has 0 bridgehead atoms. The van der Waals surface area contributed by atoms with Crippen LogP contribution < -0.4 is 19.5 Å². The number of hydrogen-bond acceptors (Lipinski definition) is 5. The molecule has 1 aliphatic rings. The van der Waals surface area contributed by atoms with E-state index in [1.807, 2.05) is 42.6 Å². The van der Waals surface area contributed by atoms with Gasteiger partial charge in [-0.15, -0.1) is 0 Å². The van der Waals surface area contributed by atoms with Crippen molar-refractivity contribution < 1.29 is 22.7 Å². The van der Waals surface area contributed by atoms with Gasteiger partial charge in [-0.3, -0.25) is 4.79 Å². The number of methoxy groups -OCH3 is 2. The molecule has 0 radical (unpaired) electrons. The Morgan fingerprint density at radius 3 is 2.63 bits per heavy atom. The largest absolute Gasteiger partial charge is 0.493 e. The summed E-state index contributed by atoms with van der Waals surface area (Å²) in [6.45, 7) is 0.0853. The van der Waals surface area contributed by atoms with Gasteiger partial charge in [0.1, 0.15) is 0 Å². The maximum atomic E-state index is 13.3. The summed E-state index contributed by atoms with van der Waals surface area (Å²) in [5.41, 5.74) is 3.99. The second kappa shape index (κ2) is 9.09. The molecule has 180 valence electrons. The lowest BCUT2D eigenvalue weighted by Crippen LogP contribution is -2.29. The molecule has 2 heterocycles. The predicted octanol–water partition coefficient (Wildman–Crippen LogP) is 3.79. The number of para-hydroxylation sites is 2. The minimum absolute atomic E-state index is 0.0853. The molecule has 9 heteroatoms. The highest BCUT2D eigenvalue weighted by Gasteiger charge is 2.27. The summed E-state index contributed by atoms with van der Waals surface area (Å²) in [6, 6.07) is 18.1. The van der Waals surface area contributed by atoms with E-state index in [0.717, 1.165) is 22.0 Å². The van der Waals surface area contributed by atoms with Gasteiger partial charge in [-0.2, -0.15) is 0 Å². The van der Waals surface area contributed by atoms with Crippen molar-refractivity contribution in [2.24, 2.45) is 0 Å². The minimum atomic E-state index is -3.85. The quantitative estimate of drug-likeness (QED) is 0.347. The highest BCUT2D eigenvalue weighted by atomic mass is 32.2. The first kappa shape index (κ1) is 22.9. The lowest BCUT2D eigenvalue weighted by molar-refractivity contribution is -0.115. The average molecular weight is 492 g/mol. The van der Waals surface area contributed by atoms with Crippen LogP contribution in [0.4, 0.5) is 5.69 Å². The Bertz CT molecular complexity index is 1530. The predicted molar refractivity (Wildman–Crippen MR) is 134 cm³/mol. The zero-order chi connectivity index (χ0) is 24.6. The van der Waals surface area contributed by atoms with Crippen LogP contribution in [0.25, 0.3) is 10.9 Å². The molecule has 0 aliphatic carbocycles. The third-order valence-electron chi connectivity index (χ3n) is 6.30. The summed E-state index contributed by atoms with van der Waals surface area (Å²) < 4.78 is 40.5. The topological polar surface area (TPSA) is 110 Å². The maximum absolute atomic E-state index is 13.3. The van der Waals surface area contributed by atoms with E-state index in [-0.39, 0.29) is 29.7 Å². The molecule has 3 N–H and O–H groups in total. The lowest BCUT2D eigenvalue weighted by Gasteiger charge is -2.22. The summed E-state index contributed by atoms with van der Waals surface area (Å²) in [6.07, 6.45) is 2.06. The Kier molecular flexibility index (Phi) is 5.96. The number of carbonyl (C=O) groups excluding carboxylic acids is 1. The van der Waals surface area contributed by atoms with E-state index in [1.165, 1.54) is 6.07 Å². The molecule has 1 atom stereocenters. The van der Waals surface area contributed by atoms with E-state index in [4.69, 9.17) is 9.47 Å². The Balaban J connectivity index is 1.54. The molecule has 1 amide bonds. The number of ether oxygens (including phenoxy) is 2. The molecular weight excluding hydrogens is 466 g/mol. The van der Waals surface area contributed by atoms with Gasteiger partial charge in [-0.25, -0.2) is 13.1 Å². The first-order chi connectivity index (χ1) is 16.9. The third-order valence-corrected chi connectivity index (χ3v) is 7.72. The fourth-order valence-corrected chi connectivity index (χ4v) is 5.70. The van der Waals surface area contributed by atoms with Crippen molar-refractivity contribution in [2.75, 3.05) is 26.1 Å². The summed E-state index contributed by atoms with van der Waals surface area (Å²) in [5.74, 6) is 0.593. The van der Waals surface area contributed by atoms with Crippen molar-refractivity contribution in [3.8, 4) is 11.5 Å². The number of amides is 1. The third kappa shape index (κ3) is 4.24. The van der Waals surface area contributed by atoms with Crippen molar-refractivity contribution >= 4 is 32.5 Å². The van der Waals surface area contributed by atoms with E-state index in [1.54, 1.807) is 32.4 Å². The molecule has 3 aromatic carbocycles. The van der Waals surface area contributed by atoms with Gasteiger partial charge < -0.3 is 19.8 Å². The molecule has 0 saturated carbocycles. The van der Waals surface area contributed by atoms with E-state index >= 15 is 0 Å². The maximum Gasteiger partial charge on any atom is 0.240 e. The lowest BCUT2D eigenvalue weighted by atomic mass is 9.90. The van der Waals surface area contributed by atoms with E-state index in [2.05, 4.69) is 15.0 Å². The van der Waals surface area contributed by atoms with Crippen molar-refractivity contribution in [3.05, 3.63) is 83.6 Å². The first-order valence-corrected chi connectivity index (χ1v) is 12.6. The van der Waals surface area contributed by atoms with Gasteiger partial charge in [0, 0.05) is 40.8 Å². The number of anilines is 1. The van der Waals surface area contributed by atoms with E-state index in [0.29, 0.717) is 22.7 Å². The SMILES string of the molecule is COc1cccc([C@@H](CNS(=O)(=O)c2ccc3c(c2)CC(=O)N3)c2c[nH]c3ccccc23)c1OC. The number of aromatic nitrogens is 1. The number of H-pyrrole nitrogens is 1. The number of hydrogen-bond donors (Lipinski definition) is 3. The minimum Gasteiger partial charge on any atom is -0.493 e. The van der Waals surface area contributed by atoms with Crippen LogP contribution in [-0.4, -0.2) is 40.1 Å². The van der Waals surface area contributed by atoms with Crippen LogP contribution in [0.1, 0.15) is 22.6 Å². The Hall–Kier alpha value is -3.82. The van der Waals surface area contributed by atoms with Crippen LogP contribution in [-0.2, 0) is 21.2 Å². The highest BCUT2D eigenvalue weighted by molar-refractivity contribution is 7.89. The van der Waals surface area contributed by atoms with Gasteiger partial charge in [0.25, 0.3) is 0 Å². The van der Waals surface area contributed by atoms with Crippen LogP contribution in [0.3, 0.4) is 0 Å². The van der Waals surface area contributed by atoms with Gasteiger partial charge in [0.2, 0.25) is 15.9 Å². The molecule has 0 saturated heterocycles. The smallest absolute Gasteiger partial charge is 0.240 e. The molecule has 0 fully saturated rings. The zero-order valence-electron chi connectivity index (χ0n) is 19.3. The molecule has 1 aromatic heterocycles. The average Bonchev–Trinajstić information content (AvgIpc) is 3.46. The van der Waals surface area contributed by atoms with Gasteiger partial charge in [0.05, 0.1) is 25.5 Å². The van der Waals surface area contributed by atoms with Crippen LogP contribution in [0.5, 0.6) is 11.5 Å². The molecule has 0 spiro atoms. The molecule has 4 aromatic rings. The summed E-state index contributed by atoms with van der Waals surface area (Å²) in [4.78, 5) is 15.1. The normalized spacial score (nSPS) is 13.9. The zero-order valence-corrected chi connectivity index (χ0v) is 20.1.